The molecular formula is C24H25N5O2S2. The number of likely N-dealkylation sites (tertiary alicyclic amines) is 1. The minimum absolute atomic E-state index is 0.0555. The number of benzene rings is 1. The third-order valence-electron chi connectivity index (χ3n) is 6.00. The van der Waals surface area contributed by atoms with E-state index in [1.807, 2.05) is 59.8 Å². The van der Waals surface area contributed by atoms with E-state index in [4.69, 9.17) is 0 Å². The van der Waals surface area contributed by atoms with Gasteiger partial charge in [-0.25, -0.2) is 9.97 Å². The van der Waals surface area contributed by atoms with Gasteiger partial charge in [-0.2, -0.15) is 0 Å². The molecular weight excluding hydrogens is 454 g/mol. The molecule has 1 atom stereocenters. The number of imidazole rings is 1. The van der Waals surface area contributed by atoms with Gasteiger partial charge in [-0.3, -0.25) is 14.0 Å². The lowest BCUT2D eigenvalue weighted by atomic mass is 10.1. The van der Waals surface area contributed by atoms with Crippen molar-refractivity contribution in [2.45, 2.75) is 39.7 Å². The van der Waals surface area contributed by atoms with Crippen LogP contribution in [0, 0.1) is 20.8 Å². The van der Waals surface area contributed by atoms with Crippen molar-refractivity contribution in [1.82, 2.24) is 24.6 Å². The topological polar surface area (TPSA) is 79.6 Å². The van der Waals surface area contributed by atoms with Crippen LogP contribution < -0.4 is 5.32 Å². The summed E-state index contributed by atoms with van der Waals surface area (Å²) >= 11 is 3.05. The fraction of sp³-hybridized carbons (Fsp3) is 0.333. The lowest BCUT2D eigenvalue weighted by Crippen LogP contribution is -2.43. The minimum Gasteiger partial charge on any atom is -0.349 e. The number of amides is 2. The summed E-state index contributed by atoms with van der Waals surface area (Å²) in [5.74, 6) is -0.226. The molecule has 2 amide bonds. The second kappa shape index (κ2) is 8.72. The second-order valence-electron chi connectivity index (χ2n) is 8.39. The van der Waals surface area contributed by atoms with Crippen LogP contribution in [0.1, 0.15) is 50.1 Å². The molecule has 33 heavy (non-hydrogen) atoms. The van der Waals surface area contributed by atoms with Crippen molar-refractivity contribution >= 4 is 39.4 Å². The summed E-state index contributed by atoms with van der Waals surface area (Å²) in [4.78, 5) is 39.1. The summed E-state index contributed by atoms with van der Waals surface area (Å²) in [6.07, 6.45) is 3.63. The Morgan fingerprint density at radius 2 is 2.06 bits per heavy atom. The molecule has 0 unspecified atom stereocenters. The summed E-state index contributed by atoms with van der Waals surface area (Å²) in [6, 6.07) is 8.11. The van der Waals surface area contributed by atoms with E-state index in [0.717, 1.165) is 38.8 Å². The first-order valence-electron chi connectivity index (χ1n) is 11.0. The molecule has 7 nitrogen and oxygen atoms in total. The third-order valence-corrected chi connectivity index (χ3v) is 7.78. The number of fused-ring (bicyclic) bond motifs is 1. The molecule has 1 aromatic carbocycles. The summed E-state index contributed by atoms with van der Waals surface area (Å²) in [5.41, 5.74) is 3.93. The van der Waals surface area contributed by atoms with Gasteiger partial charge in [-0.15, -0.1) is 22.7 Å². The quantitative estimate of drug-likeness (QED) is 0.458. The third kappa shape index (κ3) is 4.06. The Labute approximate surface area is 200 Å². The van der Waals surface area contributed by atoms with Crippen LogP contribution in [-0.4, -0.2) is 50.2 Å². The second-order valence-corrected chi connectivity index (χ2v) is 10.5. The smallest absolute Gasteiger partial charge is 0.274 e. The molecule has 0 spiro atoms. The van der Waals surface area contributed by atoms with Crippen molar-refractivity contribution in [2.24, 2.45) is 0 Å². The number of nitrogens with zero attached hydrogens (tertiary/aromatic N) is 4. The SMILES string of the molecule is Cc1cccc(-c2sc(C)nc2C(=O)N2CCC[C@H]2CNC(=O)c2c(C)nc3sccn23)c1. The number of nitrogens with one attached hydrogen (secondary N) is 1. The number of carbonyl (C=O) groups excluding carboxylic acids is 2. The Morgan fingerprint density at radius 3 is 2.88 bits per heavy atom. The molecule has 0 radical (unpaired) electrons. The zero-order valence-electron chi connectivity index (χ0n) is 18.8. The average Bonchev–Trinajstić information content (AvgIpc) is 3.55. The van der Waals surface area contributed by atoms with E-state index in [0.29, 0.717) is 30.2 Å². The van der Waals surface area contributed by atoms with Gasteiger partial charge in [0.2, 0.25) is 0 Å². The van der Waals surface area contributed by atoms with E-state index in [9.17, 15) is 9.59 Å². The van der Waals surface area contributed by atoms with Crippen LogP contribution in [0.25, 0.3) is 15.4 Å². The number of aromatic nitrogens is 3. The van der Waals surface area contributed by atoms with Gasteiger partial charge in [-0.1, -0.05) is 29.8 Å². The summed E-state index contributed by atoms with van der Waals surface area (Å²) < 4.78 is 1.82. The van der Waals surface area contributed by atoms with Crippen LogP contribution in [0.3, 0.4) is 0 Å². The van der Waals surface area contributed by atoms with Crippen LogP contribution >= 0.6 is 22.7 Å². The van der Waals surface area contributed by atoms with Crippen molar-refractivity contribution < 1.29 is 9.59 Å². The number of aryl methyl sites for hydroxylation is 3. The molecule has 1 aliphatic heterocycles. The molecule has 1 aliphatic rings. The predicted octanol–water partition coefficient (Wildman–Crippen LogP) is 4.48. The highest BCUT2D eigenvalue weighted by Crippen LogP contribution is 2.33. The molecule has 0 saturated carbocycles. The highest BCUT2D eigenvalue weighted by atomic mass is 32.1. The van der Waals surface area contributed by atoms with E-state index in [1.54, 1.807) is 11.3 Å². The lowest BCUT2D eigenvalue weighted by Gasteiger charge is -2.24. The molecule has 0 bridgehead atoms. The van der Waals surface area contributed by atoms with Crippen LogP contribution in [0.2, 0.25) is 0 Å². The summed E-state index contributed by atoms with van der Waals surface area (Å²) in [7, 11) is 0. The van der Waals surface area contributed by atoms with Crippen LogP contribution in [0.15, 0.2) is 35.8 Å². The van der Waals surface area contributed by atoms with Gasteiger partial charge in [0.15, 0.2) is 4.96 Å². The molecule has 5 rings (SSSR count). The number of hydrogen-bond donors (Lipinski definition) is 1. The molecule has 3 aromatic heterocycles. The monoisotopic (exact) mass is 479 g/mol. The maximum absolute atomic E-state index is 13.6. The van der Waals surface area contributed by atoms with E-state index in [1.165, 1.54) is 11.3 Å². The van der Waals surface area contributed by atoms with Crippen molar-refractivity contribution in [3.05, 3.63) is 63.5 Å². The Morgan fingerprint density at radius 1 is 1.21 bits per heavy atom. The number of rotatable bonds is 5. The van der Waals surface area contributed by atoms with Crippen molar-refractivity contribution in [3.8, 4) is 10.4 Å². The summed E-state index contributed by atoms with van der Waals surface area (Å²) in [6.45, 7) is 6.90. The maximum Gasteiger partial charge on any atom is 0.274 e. The Hall–Kier alpha value is -3.04. The van der Waals surface area contributed by atoms with Gasteiger partial charge in [-0.05, 0) is 39.2 Å². The molecule has 9 heteroatoms. The van der Waals surface area contributed by atoms with E-state index >= 15 is 0 Å². The average molecular weight is 480 g/mol. The first kappa shape index (κ1) is 21.8. The molecule has 1 fully saturated rings. The Kier molecular flexibility index (Phi) is 5.76. The number of carbonyl (C=O) groups is 2. The van der Waals surface area contributed by atoms with Gasteiger partial charge in [0, 0.05) is 30.7 Å². The van der Waals surface area contributed by atoms with Gasteiger partial charge < -0.3 is 10.2 Å². The fourth-order valence-electron chi connectivity index (χ4n) is 4.47. The Balaban J connectivity index is 1.34. The minimum atomic E-state index is -0.164. The van der Waals surface area contributed by atoms with Crippen LogP contribution in [0.5, 0.6) is 0 Å². The van der Waals surface area contributed by atoms with Crippen molar-refractivity contribution in [3.63, 3.8) is 0 Å². The van der Waals surface area contributed by atoms with Gasteiger partial charge >= 0.3 is 0 Å². The zero-order chi connectivity index (χ0) is 23.1. The standard InChI is InChI=1S/C24H25N5O2S2/c1-14-6-4-7-17(12-14)21-19(27-16(3)33-21)23(31)28-9-5-8-18(28)13-25-22(30)20-15(2)26-24-29(20)10-11-32-24/h4,6-7,10-12,18H,5,8-9,13H2,1-3H3,(H,25,30)/t18-/m0/s1. The molecule has 4 heterocycles. The van der Waals surface area contributed by atoms with Crippen molar-refractivity contribution in [1.29, 1.82) is 0 Å². The largest absolute Gasteiger partial charge is 0.349 e. The summed E-state index contributed by atoms with van der Waals surface area (Å²) in [5, 5.41) is 5.82. The molecule has 170 valence electrons. The van der Waals surface area contributed by atoms with E-state index in [-0.39, 0.29) is 17.9 Å². The highest BCUT2D eigenvalue weighted by molar-refractivity contribution is 7.15. The zero-order valence-corrected chi connectivity index (χ0v) is 20.4. The van der Waals surface area contributed by atoms with Crippen molar-refractivity contribution in [2.75, 3.05) is 13.1 Å². The van der Waals surface area contributed by atoms with Gasteiger partial charge in [0.25, 0.3) is 11.8 Å². The first-order valence-corrected chi connectivity index (χ1v) is 12.7. The Bertz CT molecular complexity index is 1350. The molecule has 1 saturated heterocycles. The fourth-order valence-corrected chi connectivity index (χ4v) is 6.13. The normalized spacial score (nSPS) is 16.0. The molecule has 4 aromatic rings. The van der Waals surface area contributed by atoms with E-state index < -0.39 is 0 Å². The lowest BCUT2D eigenvalue weighted by molar-refractivity contribution is 0.0720. The van der Waals surface area contributed by atoms with Crippen LogP contribution in [-0.2, 0) is 0 Å². The predicted molar refractivity (Wildman–Crippen MR) is 131 cm³/mol. The van der Waals surface area contributed by atoms with Gasteiger partial charge in [0.05, 0.1) is 15.6 Å². The number of hydrogen-bond acceptors (Lipinski definition) is 6. The molecule has 1 N–H and O–H groups in total. The molecule has 0 aliphatic carbocycles. The first-order chi connectivity index (χ1) is 15.9. The maximum atomic E-state index is 13.6. The van der Waals surface area contributed by atoms with Gasteiger partial charge in [0.1, 0.15) is 11.4 Å². The number of thiazole rings is 2. The highest BCUT2D eigenvalue weighted by Gasteiger charge is 2.33. The van der Waals surface area contributed by atoms with Crippen LogP contribution in [0.4, 0.5) is 0 Å². The van der Waals surface area contributed by atoms with E-state index in [2.05, 4.69) is 21.4 Å².